The molecule has 0 aliphatic carbocycles. The lowest BCUT2D eigenvalue weighted by atomic mass is 10.1. The van der Waals surface area contributed by atoms with Crippen molar-refractivity contribution >= 4 is 5.96 Å². The molecule has 1 aromatic rings. The van der Waals surface area contributed by atoms with Gasteiger partial charge in [0.05, 0.1) is 25.4 Å². The molecule has 0 amide bonds. The van der Waals surface area contributed by atoms with E-state index in [1.807, 2.05) is 0 Å². The van der Waals surface area contributed by atoms with Crippen molar-refractivity contribution in [3.63, 3.8) is 0 Å². The third-order valence-corrected chi connectivity index (χ3v) is 3.87. The van der Waals surface area contributed by atoms with E-state index in [1.54, 1.807) is 14.0 Å². The molecular weight excluding hydrogens is 316 g/mol. The average molecular weight is 341 g/mol. The second kappa shape index (κ2) is 9.54. The molecule has 1 saturated heterocycles. The summed E-state index contributed by atoms with van der Waals surface area (Å²) < 4.78 is 37.8. The summed E-state index contributed by atoms with van der Waals surface area (Å²) in [6.07, 6.45) is 2.36. The third-order valence-electron chi connectivity index (χ3n) is 3.87. The molecule has 2 rings (SSSR count). The summed E-state index contributed by atoms with van der Waals surface area (Å²) in [6, 6.07) is 3.21. The second-order valence-corrected chi connectivity index (χ2v) is 5.74. The van der Waals surface area contributed by atoms with E-state index >= 15 is 0 Å². The Morgan fingerprint density at radius 1 is 1.46 bits per heavy atom. The number of nitrogens with zero attached hydrogens (tertiary/aromatic N) is 1. The Bertz CT molecular complexity index is 549. The van der Waals surface area contributed by atoms with Crippen LogP contribution in [0.3, 0.4) is 0 Å². The SMILES string of the molecule is CN=C(NCCOCC1CCCO1)NC(C)c1ccc(F)cc1F. The predicted octanol–water partition coefficient (Wildman–Crippen LogP) is 2.39. The van der Waals surface area contributed by atoms with E-state index in [0.29, 0.717) is 31.3 Å². The molecule has 2 N–H and O–H groups in total. The van der Waals surface area contributed by atoms with E-state index in [1.165, 1.54) is 12.1 Å². The lowest BCUT2D eigenvalue weighted by Gasteiger charge is -2.19. The number of rotatable bonds is 7. The molecule has 2 unspecified atom stereocenters. The molecule has 1 heterocycles. The van der Waals surface area contributed by atoms with Gasteiger partial charge in [0.2, 0.25) is 0 Å². The van der Waals surface area contributed by atoms with Gasteiger partial charge in [0.1, 0.15) is 11.6 Å². The molecule has 5 nitrogen and oxygen atoms in total. The maximum atomic E-state index is 13.8. The van der Waals surface area contributed by atoms with Crippen molar-refractivity contribution in [2.75, 3.05) is 33.4 Å². The summed E-state index contributed by atoms with van der Waals surface area (Å²) in [5.41, 5.74) is 0.383. The molecule has 1 fully saturated rings. The molecule has 2 atom stereocenters. The third kappa shape index (κ3) is 5.72. The highest BCUT2D eigenvalue weighted by molar-refractivity contribution is 5.80. The zero-order valence-electron chi connectivity index (χ0n) is 14.1. The largest absolute Gasteiger partial charge is 0.377 e. The van der Waals surface area contributed by atoms with E-state index in [0.717, 1.165) is 25.5 Å². The Labute approximate surface area is 141 Å². The van der Waals surface area contributed by atoms with Crippen LogP contribution in [0.1, 0.15) is 31.4 Å². The molecule has 7 heteroatoms. The zero-order chi connectivity index (χ0) is 17.4. The van der Waals surface area contributed by atoms with E-state index < -0.39 is 11.6 Å². The van der Waals surface area contributed by atoms with Gasteiger partial charge in [-0.05, 0) is 25.8 Å². The first kappa shape index (κ1) is 18.6. The first-order valence-electron chi connectivity index (χ1n) is 8.21. The van der Waals surface area contributed by atoms with Crippen LogP contribution < -0.4 is 10.6 Å². The van der Waals surface area contributed by atoms with Crippen molar-refractivity contribution in [2.24, 2.45) is 4.99 Å². The van der Waals surface area contributed by atoms with Crippen molar-refractivity contribution in [2.45, 2.75) is 31.9 Å². The lowest BCUT2D eigenvalue weighted by Crippen LogP contribution is -2.40. The highest BCUT2D eigenvalue weighted by Gasteiger charge is 2.15. The zero-order valence-corrected chi connectivity index (χ0v) is 14.1. The van der Waals surface area contributed by atoms with Gasteiger partial charge in [0, 0.05) is 31.8 Å². The molecule has 24 heavy (non-hydrogen) atoms. The molecule has 0 bridgehead atoms. The van der Waals surface area contributed by atoms with E-state index in [-0.39, 0.29) is 12.1 Å². The number of hydrogen-bond donors (Lipinski definition) is 2. The van der Waals surface area contributed by atoms with Crippen LogP contribution in [0.15, 0.2) is 23.2 Å². The fraction of sp³-hybridized carbons (Fsp3) is 0.588. The number of nitrogens with one attached hydrogen (secondary N) is 2. The van der Waals surface area contributed by atoms with Crippen LogP contribution in [0.5, 0.6) is 0 Å². The maximum Gasteiger partial charge on any atom is 0.191 e. The van der Waals surface area contributed by atoms with Crippen molar-refractivity contribution < 1.29 is 18.3 Å². The number of ether oxygens (including phenoxy) is 2. The average Bonchev–Trinajstić information content (AvgIpc) is 3.06. The molecule has 0 radical (unpaired) electrons. The Morgan fingerprint density at radius 2 is 2.29 bits per heavy atom. The minimum absolute atomic E-state index is 0.212. The second-order valence-electron chi connectivity index (χ2n) is 5.74. The molecule has 1 aromatic carbocycles. The Hall–Kier alpha value is -1.73. The molecule has 0 spiro atoms. The van der Waals surface area contributed by atoms with Gasteiger partial charge in [-0.1, -0.05) is 6.07 Å². The smallest absolute Gasteiger partial charge is 0.191 e. The minimum Gasteiger partial charge on any atom is -0.377 e. The Balaban J connectivity index is 1.71. The van der Waals surface area contributed by atoms with Crippen LogP contribution in [0.2, 0.25) is 0 Å². The standard InChI is InChI=1S/C17H25F2N3O2/c1-12(15-6-5-13(18)10-16(15)19)22-17(20-2)21-7-9-23-11-14-4-3-8-24-14/h5-6,10,12,14H,3-4,7-9,11H2,1-2H3,(H2,20,21,22). The summed E-state index contributed by atoms with van der Waals surface area (Å²) in [5.74, 6) is -0.633. The van der Waals surface area contributed by atoms with Crippen LogP contribution in [-0.4, -0.2) is 45.5 Å². The predicted molar refractivity (Wildman–Crippen MR) is 89.1 cm³/mol. The topological polar surface area (TPSA) is 54.9 Å². The monoisotopic (exact) mass is 341 g/mol. The summed E-state index contributed by atoms with van der Waals surface area (Å²) in [6.45, 7) is 4.31. The Kier molecular flexibility index (Phi) is 7.39. The normalized spacial score (nSPS) is 19.3. The maximum absolute atomic E-state index is 13.8. The van der Waals surface area contributed by atoms with E-state index in [9.17, 15) is 8.78 Å². The van der Waals surface area contributed by atoms with Gasteiger partial charge in [-0.15, -0.1) is 0 Å². The van der Waals surface area contributed by atoms with Gasteiger partial charge in [-0.25, -0.2) is 8.78 Å². The van der Waals surface area contributed by atoms with Gasteiger partial charge in [0.15, 0.2) is 5.96 Å². The van der Waals surface area contributed by atoms with Crippen LogP contribution in [0.25, 0.3) is 0 Å². The van der Waals surface area contributed by atoms with E-state index in [4.69, 9.17) is 9.47 Å². The van der Waals surface area contributed by atoms with Crippen molar-refractivity contribution in [3.05, 3.63) is 35.4 Å². The van der Waals surface area contributed by atoms with Crippen LogP contribution in [0, 0.1) is 11.6 Å². The lowest BCUT2D eigenvalue weighted by molar-refractivity contribution is 0.0191. The number of hydrogen-bond acceptors (Lipinski definition) is 3. The molecule has 1 aliphatic rings. The van der Waals surface area contributed by atoms with Crippen molar-refractivity contribution in [1.82, 2.24) is 10.6 Å². The van der Waals surface area contributed by atoms with Gasteiger partial charge in [-0.2, -0.15) is 0 Å². The first-order valence-corrected chi connectivity index (χ1v) is 8.21. The quantitative estimate of drug-likeness (QED) is 0.454. The summed E-state index contributed by atoms with van der Waals surface area (Å²) >= 11 is 0. The fourth-order valence-corrected chi connectivity index (χ4v) is 2.56. The van der Waals surface area contributed by atoms with Gasteiger partial charge < -0.3 is 20.1 Å². The fourth-order valence-electron chi connectivity index (χ4n) is 2.56. The van der Waals surface area contributed by atoms with Crippen molar-refractivity contribution in [1.29, 1.82) is 0 Å². The summed E-state index contributed by atoms with van der Waals surface area (Å²) in [7, 11) is 1.64. The first-order chi connectivity index (χ1) is 11.6. The highest BCUT2D eigenvalue weighted by atomic mass is 19.1. The van der Waals surface area contributed by atoms with Crippen molar-refractivity contribution in [3.8, 4) is 0 Å². The molecule has 0 aromatic heterocycles. The summed E-state index contributed by atoms with van der Waals surface area (Å²) in [5, 5.41) is 6.17. The summed E-state index contributed by atoms with van der Waals surface area (Å²) in [4.78, 5) is 4.09. The number of guanidine groups is 1. The number of benzene rings is 1. The Morgan fingerprint density at radius 3 is 2.96 bits per heavy atom. The van der Waals surface area contributed by atoms with Crippen LogP contribution >= 0.6 is 0 Å². The van der Waals surface area contributed by atoms with E-state index in [2.05, 4.69) is 15.6 Å². The van der Waals surface area contributed by atoms with Crippen LogP contribution in [0.4, 0.5) is 8.78 Å². The van der Waals surface area contributed by atoms with Gasteiger partial charge >= 0.3 is 0 Å². The van der Waals surface area contributed by atoms with Crippen LogP contribution in [-0.2, 0) is 9.47 Å². The number of aliphatic imine (C=N–C) groups is 1. The number of halogens is 2. The molecule has 0 saturated carbocycles. The molecular formula is C17H25F2N3O2. The van der Waals surface area contributed by atoms with Gasteiger partial charge in [0.25, 0.3) is 0 Å². The van der Waals surface area contributed by atoms with Gasteiger partial charge in [-0.3, -0.25) is 4.99 Å². The molecule has 1 aliphatic heterocycles. The highest BCUT2D eigenvalue weighted by Crippen LogP contribution is 2.17. The minimum atomic E-state index is -0.589. The molecule has 134 valence electrons.